The Balaban J connectivity index is 2.17. The lowest BCUT2D eigenvalue weighted by Crippen LogP contribution is -2.17. The van der Waals surface area contributed by atoms with E-state index >= 15 is 0 Å². The third-order valence-corrected chi connectivity index (χ3v) is 2.36. The quantitative estimate of drug-likeness (QED) is 0.763. The SMILES string of the molecule is CC1(Nc2ncncc2Cl)CC1. The molecule has 1 saturated carbocycles. The summed E-state index contributed by atoms with van der Waals surface area (Å²) in [6, 6.07) is 0. The van der Waals surface area contributed by atoms with Crippen LogP contribution in [0, 0.1) is 0 Å². The number of hydrogen-bond acceptors (Lipinski definition) is 3. The van der Waals surface area contributed by atoms with E-state index in [2.05, 4.69) is 22.2 Å². The smallest absolute Gasteiger partial charge is 0.148 e. The van der Waals surface area contributed by atoms with E-state index in [1.54, 1.807) is 6.20 Å². The van der Waals surface area contributed by atoms with Gasteiger partial charge in [0, 0.05) is 5.54 Å². The van der Waals surface area contributed by atoms with Crippen LogP contribution in [0.2, 0.25) is 5.02 Å². The highest BCUT2D eigenvalue weighted by atomic mass is 35.5. The number of aromatic nitrogens is 2. The summed E-state index contributed by atoms with van der Waals surface area (Å²) < 4.78 is 0. The summed E-state index contributed by atoms with van der Waals surface area (Å²) in [6.45, 7) is 2.16. The standard InChI is InChI=1S/C8H10ClN3/c1-8(2-3-8)12-7-6(9)4-10-5-11-7/h4-5H,2-3H2,1H3,(H,10,11,12). The first-order valence-electron chi connectivity index (χ1n) is 3.93. The lowest BCUT2D eigenvalue weighted by Gasteiger charge is -2.12. The van der Waals surface area contributed by atoms with Crippen LogP contribution in [-0.2, 0) is 0 Å². The van der Waals surface area contributed by atoms with E-state index in [0.29, 0.717) is 5.02 Å². The molecule has 1 fully saturated rings. The first kappa shape index (κ1) is 7.80. The van der Waals surface area contributed by atoms with Crippen LogP contribution in [0.3, 0.4) is 0 Å². The van der Waals surface area contributed by atoms with Gasteiger partial charge in [0.1, 0.15) is 17.2 Å². The number of anilines is 1. The van der Waals surface area contributed by atoms with Crippen LogP contribution in [0.5, 0.6) is 0 Å². The molecule has 12 heavy (non-hydrogen) atoms. The maximum absolute atomic E-state index is 5.87. The average Bonchev–Trinajstić information content (AvgIpc) is 2.74. The minimum atomic E-state index is 0.220. The molecule has 0 aromatic carbocycles. The van der Waals surface area contributed by atoms with Crippen LogP contribution < -0.4 is 5.32 Å². The number of nitrogens with one attached hydrogen (secondary N) is 1. The highest BCUT2D eigenvalue weighted by Crippen LogP contribution is 2.38. The van der Waals surface area contributed by atoms with E-state index in [9.17, 15) is 0 Å². The molecule has 0 bridgehead atoms. The van der Waals surface area contributed by atoms with Crippen LogP contribution in [0.4, 0.5) is 5.82 Å². The Bertz CT molecular complexity index is 296. The van der Waals surface area contributed by atoms with E-state index in [-0.39, 0.29) is 5.54 Å². The molecule has 1 aliphatic carbocycles. The zero-order valence-electron chi connectivity index (χ0n) is 6.84. The summed E-state index contributed by atoms with van der Waals surface area (Å²) in [4.78, 5) is 7.86. The highest BCUT2D eigenvalue weighted by Gasteiger charge is 2.37. The van der Waals surface area contributed by atoms with Crippen molar-refractivity contribution in [2.75, 3.05) is 5.32 Å². The van der Waals surface area contributed by atoms with E-state index in [4.69, 9.17) is 11.6 Å². The molecule has 0 saturated heterocycles. The first-order valence-corrected chi connectivity index (χ1v) is 4.31. The Morgan fingerprint density at radius 3 is 2.92 bits per heavy atom. The van der Waals surface area contributed by atoms with Crippen LogP contribution >= 0.6 is 11.6 Å². The molecule has 0 unspecified atom stereocenters. The fourth-order valence-electron chi connectivity index (χ4n) is 1.00. The van der Waals surface area contributed by atoms with E-state index in [0.717, 1.165) is 5.82 Å². The van der Waals surface area contributed by atoms with Crippen molar-refractivity contribution in [1.29, 1.82) is 0 Å². The molecule has 4 heteroatoms. The van der Waals surface area contributed by atoms with E-state index in [1.165, 1.54) is 19.2 Å². The second-order valence-corrected chi connectivity index (χ2v) is 3.81. The van der Waals surface area contributed by atoms with Gasteiger partial charge in [-0.3, -0.25) is 0 Å². The van der Waals surface area contributed by atoms with Gasteiger partial charge in [0.2, 0.25) is 0 Å². The molecule has 1 N–H and O–H groups in total. The number of hydrogen-bond donors (Lipinski definition) is 1. The zero-order valence-corrected chi connectivity index (χ0v) is 7.60. The Hall–Kier alpha value is -0.830. The van der Waals surface area contributed by atoms with Gasteiger partial charge in [0.15, 0.2) is 0 Å². The van der Waals surface area contributed by atoms with Crippen molar-refractivity contribution in [3.8, 4) is 0 Å². The second-order valence-electron chi connectivity index (χ2n) is 3.40. The van der Waals surface area contributed by atoms with Gasteiger partial charge in [-0.05, 0) is 19.8 Å². The van der Waals surface area contributed by atoms with Crippen LogP contribution in [0.1, 0.15) is 19.8 Å². The van der Waals surface area contributed by atoms with Crippen molar-refractivity contribution >= 4 is 17.4 Å². The van der Waals surface area contributed by atoms with Crippen LogP contribution in [-0.4, -0.2) is 15.5 Å². The van der Waals surface area contributed by atoms with Crippen molar-refractivity contribution in [3.63, 3.8) is 0 Å². The molecule has 0 amide bonds. The molecule has 1 aliphatic rings. The maximum atomic E-state index is 5.87. The molecule has 0 atom stereocenters. The van der Waals surface area contributed by atoms with Gasteiger partial charge in [0.05, 0.1) is 6.20 Å². The largest absolute Gasteiger partial charge is 0.364 e. The lowest BCUT2D eigenvalue weighted by atomic mass is 10.3. The summed E-state index contributed by atoms with van der Waals surface area (Å²) in [6.07, 6.45) is 5.48. The van der Waals surface area contributed by atoms with E-state index in [1.807, 2.05) is 0 Å². The topological polar surface area (TPSA) is 37.8 Å². The number of nitrogens with zero attached hydrogens (tertiary/aromatic N) is 2. The monoisotopic (exact) mass is 183 g/mol. The second kappa shape index (κ2) is 2.59. The fourth-order valence-corrected chi connectivity index (χ4v) is 1.16. The van der Waals surface area contributed by atoms with Crippen LogP contribution in [0.25, 0.3) is 0 Å². The summed E-state index contributed by atoms with van der Waals surface area (Å²) >= 11 is 5.87. The van der Waals surface area contributed by atoms with Crippen molar-refractivity contribution in [3.05, 3.63) is 17.5 Å². The maximum Gasteiger partial charge on any atom is 0.148 e. The minimum Gasteiger partial charge on any atom is -0.364 e. The Kier molecular flexibility index (Phi) is 1.68. The summed E-state index contributed by atoms with van der Waals surface area (Å²) in [5.41, 5.74) is 0.220. The zero-order chi connectivity index (χ0) is 8.60. The van der Waals surface area contributed by atoms with Crippen molar-refractivity contribution in [2.24, 2.45) is 0 Å². The van der Waals surface area contributed by atoms with Gasteiger partial charge in [-0.25, -0.2) is 9.97 Å². The van der Waals surface area contributed by atoms with Crippen molar-refractivity contribution < 1.29 is 0 Å². The van der Waals surface area contributed by atoms with Gasteiger partial charge in [-0.15, -0.1) is 0 Å². The molecule has 3 nitrogen and oxygen atoms in total. The fraction of sp³-hybridized carbons (Fsp3) is 0.500. The van der Waals surface area contributed by atoms with Crippen molar-refractivity contribution in [1.82, 2.24) is 9.97 Å². The van der Waals surface area contributed by atoms with Gasteiger partial charge in [-0.1, -0.05) is 11.6 Å². The van der Waals surface area contributed by atoms with Gasteiger partial charge in [0.25, 0.3) is 0 Å². The predicted octanol–water partition coefficient (Wildman–Crippen LogP) is 2.09. The molecule has 1 heterocycles. The molecule has 1 aromatic heterocycles. The summed E-state index contributed by atoms with van der Waals surface area (Å²) in [5, 5.41) is 3.87. The minimum absolute atomic E-state index is 0.220. The molecule has 64 valence electrons. The third kappa shape index (κ3) is 1.50. The average molecular weight is 184 g/mol. The Labute approximate surface area is 76.2 Å². The van der Waals surface area contributed by atoms with Crippen LogP contribution in [0.15, 0.2) is 12.5 Å². The van der Waals surface area contributed by atoms with E-state index < -0.39 is 0 Å². The highest BCUT2D eigenvalue weighted by molar-refractivity contribution is 6.32. The molecular weight excluding hydrogens is 174 g/mol. The molecule has 2 rings (SSSR count). The summed E-state index contributed by atoms with van der Waals surface area (Å²) in [5.74, 6) is 0.742. The van der Waals surface area contributed by atoms with Gasteiger partial charge < -0.3 is 5.32 Å². The molecule has 1 aromatic rings. The molecule has 0 radical (unpaired) electrons. The van der Waals surface area contributed by atoms with Gasteiger partial charge >= 0.3 is 0 Å². The lowest BCUT2D eigenvalue weighted by molar-refractivity contribution is 0.819. The summed E-state index contributed by atoms with van der Waals surface area (Å²) in [7, 11) is 0. The van der Waals surface area contributed by atoms with Gasteiger partial charge in [-0.2, -0.15) is 0 Å². The first-order chi connectivity index (χ1) is 5.70. The number of halogens is 1. The molecule has 0 aliphatic heterocycles. The third-order valence-electron chi connectivity index (χ3n) is 2.09. The molecule has 0 spiro atoms. The Morgan fingerprint density at radius 2 is 2.33 bits per heavy atom. The normalized spacial score (nSPS) is 18.8. The molecular formula is C8H10ClN3. The predicted molar refractivity (Wildman–Crippen MR) is 48.3 cm³/mol. The number of rotatable bonds is 2. The van der Waals surface area contributed by atoms with Crippen molar-refractivity contribution in [2.45, 2.75) is 25.3 Å². The Morgan fingerprint density at radius 1 is 1.58 bits per heavy atom.